The van der Waals surface area contributed by atoms with E-state index >= 15 is 0 Å². The quantitative estimate of drug-likeness (QED) is 0.456. The number of halogens is 2. The van der Waals surface area contributed by atoms with Crippen molar-refractivity contribution in [1.29, 1.82) is 0 Å². The lowest BCUT2D eigenvalue weighted by atomic mass is 9.96. The topological polar surface area (TPSA) is 50.4 Å². The summed E-state index contributed by atoms with van der Waals surface area (Å²) in [5.41, 5.74) is 7.35. The first-order chi connectivity index (χ1) is 8.81. The number of nitrogens with one attached hydrogen (secondary N) is 1. The molecule has 0 heterocycles. The highest BCUT2D eigenvalue weighted by molar-refractivity contribution is 14.0. The molecule has 0 aliphatic heterocycles. The average Bonchev–Trinajstić information content (AvgIpc) is 3.06. The van der Waals surface area contributed by atoms with Crippen LogP contribution in [0.3, 0.4) is 0 Å². The summed E-state index contributed by atoms with van der Waals surface area (Å²) in [4.78, 5) is 4.49. The minimum Gasteiger partial charge on any atom is -0.370 e. The maximum Gasteiger partial charge on any atom is 0.189 e. The van der Waals surface area contributed by atoms with Crippen molar-refractivity contribution in [2.24, 2.45) is 10.7 Å². The summed E-state index contributed by atoms with van der Waals surface area (Å²) in [7, 11) is 0. The molecule has 5 heteroatoms. The third kappa shape index (κ3) is 4.81. The Bertz CT molecular complexity index is 473. The molecule has 1 aromatic carbocycles. The SMILES string of the molecule is CC(C)(C)NC(N)=NCC1(c2ccc(Cl)cc2)CC1.I. The van der Waals surface area contributed by atoms with Gasteiger partial charge in [-0.05, 0) is 51.3 Å². The van der Waals surface area contributed by atoms with E-state index in [1.807, 2.05) is 12.1 Å². The number of benzene rings is 1. The van der Waals surface area contributed by atoms with Crippen molar-refractivity contribution in [3.63, 3.8) is 0 Å². The zero-order valence-corrected chi connectivity index (χ0v) is 15.3. The maximum atomic E-state index is 5.92. The van der Waals surface area contributed by atoms with Gasteiger partial charge in [0, 0.05) is 16.0 Å². The second-order valence-electron chi connectivity index (χ2n) is 6.36. The Morgan fingerprint density at radius 1 is 1.30 bits per heavy atom. The molecule has 0 radical (unpaired) electrons. The first kappa shape index (κ1) is 17.6. The van der Waals surface area contributed by atoms with Gasteiger partial charge in [0.2, 0.25) is 0 Å². The van der Waals surface area contributed by atoms with Crippen LogP contribution in [0.1, 0.15) is 39.2 Å². The van der Waals surface area contributed by atoms with E-state index in [1.54, 1.807) is 0 Å². The molecule has 0 atom stereocenters. The van der Waals surface area contributed by atoms with Crippen molar-refractivity contribution < 1.29 is 0 Å². The molecule has 1 aromatic rings. The van der Waals surface area contributed by atoms with Crippen LogP contribution in [-0.4, -0.2) is 18.0 Å². The fraction of sp³-hybridized carbons (Fsp3) is 0.533. The number of rotatable bonds is 3. The lowest BCUT2D eigenvalue weighted by molar-refractivity contribution is 0.507. The third-order valence-corrected chi connectivity index (χ3v) is 3.62. The molecule has 1 fully saturated rings. The van der Waals surface area contributed by atoms with E-state index in [1.165, 1.54) is 18.4 Å². The largest absolute Gasteiger partial charge is 0.370 e. The van der Waals surface area contributed by atoms with Crippen LogP contribution < -0.4 is 11.1 Å². The van der Waals surface area contributed by atoms with Crippen molar-refractivity contribution >= 4 is 41.5 Å². The minimum absolute atomic E-state index is 0. The normalized spacial score (nSPS) is 17.3. The predicted molar refractivity (Wildman–Crippen MR) is 97.2 cm³/mol. The van der Waals surface area contributed by atoms with Crippen molar-refractivity contribution in [3.8, 4) is 0 Å². The first-order valence-corrected chi connectivity index (χ1v) is 7.03. The number of nitrogens with two attached hydrogens (primary N) is 1. The van der Waals surface area contributed by atoms with Gasteiger partial charge in [0.25, 0.3) is 0 Å². The molecule has 1 aliphatic rings. The van der Waals surface area contributed by atoms with Gasteiger partial charge >= 0.3 is 0 Å². The lowest BCUT2D eigenvalue weighted by Crippen LogP contribution is -2.45. The molecule has 1 saturated carbocycles. The standard InChI is InChI=1S/C15H22ClN3.HI/c1-14(2,3)19-13(17)18-10-15(8-9-15)11-4-6-12(16)7-5-11;/h4-7H,8-10H2,1-3H3,(H3,17,18,19);1H. The number of guanidine groups is 1. The molecule has 3 nitrogen and oxygen atoms in total. The molecule has 112 valence electrons. The van der Waals surface area contributed by atoms with Crippen LogP contribution >= 0.6 is 35.6 Å². The monoisotopic (exact) mass is 407 g/mol. The lowest BCUT2D eigenvalue weighted by Gasteiger charge is -2.22. The second kappa shape index (κ2) is 6.52. The molecule has 20 heavy (non-hydrogen) atoms. The number of hydrogen-bond donors (Lipinski definition) is 2. The summed E-state index contributed by atoms with van der Waals surface area (Å²) in [6.07, 6.45) is 2.34. The molecule has 2 rings (SSSR count). The molecule has 0 unspecified atom stereocenters. The van der Waals surface area contributed by atoms with E-state index in [4.69, 9.17) is 17.3 Å². The van der Waals surface area contributed by atoms with Gasteiger partial charge in [-0.3, -0.25) is 4.99 Å². The number of aliphatic imine (C=N–C) groups is 1. The van der Waals surface area contributed by atoms with Crippen LogP contribution in [-0.2, 0) is 5.41 Å². The Labute approximate surface area is 143 Å². The van der Waals surface area contributed by atoms with Gasteiger partial charge < -0.3 is 11.1 Å². The zero-order valence-electron chi connectivity index (χ0n) is 12.2. The molecular formula is C15H23ClIN3. The first-order valence-electron chi connectivity index (χ1n) is 6.65. The Morgan fingerprint density at radius 2 is 1.85 bits per heavy atom. The van der Waals surface area contributed by atoms with Crippen molar-refractivity contribution in [2.75, 3.05) is 6.54 Å². The van der Waals surface area contributed by atoms with Crippen molar-refractivity contribution in [2.45, 2.75) is 44.6 Å². The second-order valence-corrected chi connectivity index (χ2v) is 6.80. The van der Waals surface area contributed by atoms with E-state index in [0.29, 0.717) is 5.96 Å². The van der Waals surface area contributed by atoms with Crippen molar-refractivity contribution in [3.05, 3.63) is 34.9 Å². The summed E-state index contributed by atoms with van der Waals surface area (Å²) in [5.74, 6) is 0.521. The van der Waals surface area contributed by atoms with Gasteiger partial charge in [0.15, 0.2) is 5.96 Å². The van der Waals surface area contributed by atoms with E-state index in [-0.39, 0.29) is 34.9 Å². The molecule has 0 bridgehead atoms. The number of nitrogens with zero attached hydrogens (tertiary/aromatic N) is 1. The summed E-state index contributed by atoms with van der Waals surface area (Å²) < 4.78 is 0. The Morgan fingerprint density at radius 3 is 2.30 bits per heavy atom. The molecule has 0 spiro atoms. The van der Waals surface area contributed by atoms with E-state index < -0.39 is 0 Å². The van der Waals surface area contributed by atoms with Crippen LogP contribution in [0.15, 0.2) is 29.3 Å². The molecule has 0 aromatic heterocycles. The van der Waals surface area contributed by atoms with E-state index in [9.17, 15) is 0 Å². The fourth-order valence-electron chi connectivity index (χ4n) is 2.15. The highest BCUT2D eigenvalue weighted by Crippen LogP contribution is 2.48. The number of hydrogen-bond acceptors (Lipinski definition) is 1. The highest BCUT2D eigenvalue weighted by Gasteiger charge is 2.44. The molecule has 1 aliphatic carbocycles. The van der Waals surface area contributed by atoms with Gasteiger partial charge in [0.05, 0.1) is 6.54 Å². The Kier molecular flexibility index (Phi) is 5.72. The molecule has 0 amide bonds. The third-order valence-electron chi connectivity index (χ3n) is 3.37. The van der Waals surface area contributed by atoms with Crippen LogP contribution in [0.25, 0.3) is 0 Å². The summed E-state index contributed by atoms with van der Waals surface area (Å²) >= 11 is 5.92. The van der Waals surface area contributed by atoms with Crippen molar-refractivity contribution in [1.82, 2.24) is 5.32 Å². The predicted octanol–water partition coefficient (Wildman–Crippen LogP) is 3.69. The summed E-state index contributed by atoms with van der Waals surface area (Å²) in [5, 5.41) is 3.96. The Hall–Kier alpha value is -0.490. The van der Waals surface area contributed by atoms with Gasteiger partial charge in [-0.1, -0.05) is 23.7 Å². The van der Waals surface area contributed by atoms with Crippen LogP contribution in [0.2, 0.25) is 5.02 Å². The average molecular weight is 408 g/mol. The van der Waals surface area contributed by atoms with Gasteiger partial charge in [-0.2, -0.15) is 0 Å². The van der Waals surface area contributed by atoms with E-state index in [2.05, 4.69) is 43.2 Å². The molecule has 0 saturated heterocycles. The Balaban J connectivity index is 0.00000200. The summed E-state index contributed by atoms with van der Waals surface area (Å²) in [6.45, 7) is 6.95. The smallest absolute Gasteiger partial charge is 0.189 e. The van der Waals surface area contributed by atoms with Crippen LogP contribution in [0, 0.1) is 0 Å². The van der Waals surface area contributed by atoms with Gasteiger partial charge in [-0.15, -0.1) is 24.0 Å². The maximum absolute atomic E-state index is 5.92. The summed E-state index contributed by atoms with van der Waals surface area (Å²) in [6, 6.07) is 8.07. The van der Waals surface area contributed by atoms with Crippen LogP contribution in [0.5, 0.6) is 0 Å². The minimum atomic E-state index is -0.0510. The van der Waals surface area contributed by atoms with Gasteiger partial charge in [-0.25, -0.2) is 0 Å². The zero-order chi connectivity index (χ0) is 14.1. The molecular weight excluding hydrogens is 385 g/mol. The fourth-order valence-corrected chi connectivity index (χ4v) is 2.28. The van der Waals surface area contributed by atoms with Gasteiger partial charge in [0.1, 0.15) is 0 Å². The molecule has 3 N–H and O–H groups in total. The highest BCUT2D eigenvalue weighted by atomic mass is 127. The van der Waals surface area contributed by atoms with Crippen LogP contribution in [0.4, 0.5) is 0 Å². The van der Waals surface area contributed by atoms with E-state index in [0.717, 1.165) is 11.6 Å².